The highest BCUT2D eigenvalue weighted by atomic mass is 19.4. The van der Waals surface area contributed by atoms with Crippen LogP contribution in [0.2, 0.25) is 0 Å². The van der Waals surface area contributed by atoms with Crippen LogP contribution in [0.4, 0.5) is 13.2 Å². The predicted octanol–water partition coefficient (Wildman–Crippen LogP) is 5.92. The van der Waals surface area contributed by atoms with Crippen LogP contribution in [0.25, 0.3) is 22.4 Å². The molecule has 0 saturated heterocycles. The molecule has 3 rings (SSSR count). The first-order valence-corrected chi connectivity index (χ1v) is 7.26. The van der Waals surface area contributed by atoms with Gasteiger partial charge in [0.2, 0.25) is 0 Å². The fraction of sp³-hybridized carbons (Fsp3) is 0.0500. The second-order valence-electron chi connectivity index (χ2n) is 5.32. The van der Waals surface area contributed by atoms with Gasteiger partial charge >= 0.3 is 6.18 Å². The van der Waals surface area contributed by atoms with Gasteiger partial charge in [-0.05, 0) is 34.5 Å². The van der Waals surface area contributed by atoms with Crippen molar-refractivity contribution in [3.63, 3.8) is 0 Å². The van der Waals surface area contributed by atoms with E-state index in [1.165, 1.54) is 12.1 Å². The normalized spacial score (nSPS) is 12.2. The van der Waals surface area contributed by atoms with Crippen LogP contribution in [-0.4, -0.2) is 0 Å². The number of alkyl halides is 3. The lowest BCUT2D eigenvalue weighted by atomic mass is 9.97. The maximum absolute atomic E-state index is 12.8. The first-order valence-electron chi connectivity index (χ1n) is 7.26. The number of hydrogen-bond acceptors (Lipinski definition) is 1. The van der Waals surface area contributed by atoms with Crippen LogP contribution in [0.15, 0.2) is 66.7 Å². The Labute approximate surface area is 137 Å². The van der Waals surface area contributed by atoms with Crippen LogP contribution in [-0.2, 0) is 6.18 Å². The number of fused-ring (bicyclic) bond motifs is 1. The number of hydrogen-bond donors (Lipinski definition) is 0. The summed E-state index contributed by atoms with van der Waals surface area (Å²) in [4.78, 5) is 0. The summed E-state index contributed by atoms with van der Waals surface area (Å²) in [5.74, 6) is 0. The van der Waals surface area contributed by atoms with Crippen LogP contribution >= 0.6 is 0 Å². The third-order valence-electron chi connectivity index (χ3n) is 3.73. The summed E-state index contributed by atoms with van der Waals surface area (Å²) >= 11 is 0. The van der Waals surface area contributed by atoms with E-state index in [-0.39, 0.29) is 0 Å². The van der Waals surface area contributed by atoms with Crippen molar-refractivity contribution in [2.45, 2.75) is 6.18 Å². The Balaban J connectivity index is 2.12. The van der Waals surface area contributed by atoms with E-state index in [1.807, 2.05) is 36.4 Å². The van der Waals surface area contributed by atoms with Gasteiger partial charge in [0.1, 0.15) is 0 Å². The van der Waals surface area contributed by atoms with Crippen molar-refractivity contribution in [2.75, 3.05) is 0 Å². The molecule has 0 N–H and O–H groups in total. The second-order valence-corrected chi connectivity index (χ2v) is 5.32. The smallest absolute Gasteiger partial charge is 0.192 e. The van der Waals surface area contributed by atoms with Crippen molar-refractivity contribution in [3.05, 3.63) is 83.4 Å². The summed E-state index contributed by atoms with van der Waals surface area (Å²) < 4.78 is 38.5. The molecule has 0 amide bonds. The van der Waals surface area contributed by atoms with Gasteiger partial charge in [-0.2, -0.15) is 18.4 Å². The summed E-state index contributed by atoms with van der Waals surface area (Å²) in [5.41, 5.74) is 0.639. The van der Waals surface area contributed by atoms with E-state index < -0.39 is 11.7 Å². The van der Waals surface area contributed by atoms with Crippen molar-refractivity contribution in [2.24, 2.45) is 0 Å². The van der Waals surface area contributed by atoms with Gasteiger partial charge in [-0.1, -0.05) is 54.6 Å². The monoisotopic (exact) mass is 323 g/mol. The standard InChI is InChI=1S/C20H12F3N/c21-20(22,23)17-8-3-5-14(12-17)11-16(13-24)19-10-4-7-15-6-1-2-9-18(15)19/h1-12H/b16-11-. The average molecular weight is 323 g/mol. The summed E-state index contributed by atoms with van der Waals surface area (Å²) in [5, 5.41) is 11.3. The number of nitrogens with zero attached hydrogens (tertiary/aromatic N) is 1. The Morgan fingerprint density at radius 1 is 0.917 bits per heavy atom. The van der Waals surface area contributed by atoms with Gasteiger partial charge in [0.15, 0.2) is 0 Å². The maximum Gasteiger partial charge on any atom is 0.416 e. The zero-order chi connectivity index (χ0) is 17.2. The molecule has 0 unspecified atom stereocenters. The number of rotatable bonds is 2. The molecule has 0 spiro atoms. The van der Waals surface area contributed by atoms with E-state index in [0.717, 1.165) is 22.9 Å². The summed E-state index contributed by atoms with van der Waals surface area (Å²) in [7, 11) is 0. The zero-order valence-corrected chi connectivity index (χ0v) is 12.5. The maximum atomic E-state index is 12.8. The first-order chi connectivity index (χ1) is 11.5. The van der Waals surface area contributed by atoms with Gasteiger partial charge in [0, 0.05) is 5.56 Å². The van der Waals surface area contributed by atoms with Gasteiger partial charge in [0.05, 0.1) is 17.2 Å². The minimum Gasteiger partial charge on any atom is -0.192 e. The summed E-state index contributed by atoms with van der Waals surface area (Å²) in [6.07, 6.45) is -2.92. The molecule has 0 saturated carbocycles. The summed E-state index contributed by atoms with van der Waals surface area (Å²) in [6.45, 7) is 0. The Kier molecular flexibility index (Phi) is 4.09. The lowest BCUT2D eigenvalue weighted by molar-refractivity contribution is -0.137. The molecule has 0 aliphatic rings. The Morgan fingerprint density at radius 2 is 1.62 bits per heavy atom. The number of halogens is 3. The highest BCUT2D eigenvalue weighted by Crippen LogP contribution is 2.31. The molecule has 118 valence electrons. The van der Waals surface area contributed by atoms with Crippen molar-refractivity contribution in [3.8, 4) is 6.07 Å². The van der Waals surface area contributed by atoms with Gasteiger partial charge in [-0.25, -0.2) is 0 Å². The van der Waals surface area contributed by atoms with Crippen LogP contribution in [0.3, 0.4) is 0 Å². The van der Waals surface area contributed by atoms with E-state index >= 15 is 0 Å². The molecule has 1 nitrogen and oxygen atoms in total. The zero-order valence-electron chi connectivity index (χ0n) is 12.5. The number of benzene rings is 3. The van der Waals surface area contributed by atoms with E-state index in [4.69, 9.17) is 0 Å². The predicted molar refractivity (Wildman–Crippen MR) is 88.9 cm³/mol. The van der Waals surface area contributed by atoms with Gasteiger partial charge in [0.25, 0.3) is 0 Å². The first kappa shape index (κ1) is 15.8. The molecule has 4 heteroatoms. The van der Waals surface area contributed by atoms with Crippen LogP contribution < -0.4 is 0 Å². The molecule has 3 aromatic rings. The number of allylic oxidation sites excluding steroid dienone is 1. The highest BCUT2D eigenvalue weighted by Gasteiger charge is 2.30. The van der Waals surface area contributed by atoms with Crippen molar-refractivity contribution < 1.29 is 13.2 Å². The molecule has 0 heterocycles. The van der Waals surface area contributed by atoms with Crippen molar-refractivity contribution >= 4 is 22.4 Å². The minimum absolute atomic E-state index is 0.325. The Hall–Kier alpha value is -3.06. The van der Waals surface area contributed by atoms with Gasteiger partial charge in [-0.15, -0.1) is 0 Å². The fourth-order valence-electron chi connectivity index (χ4n) is 2.60. The quantitative estimate of drug-likeness (QED) is 0.424. The SMILES string of the molecule is N#C/C(=C/c1cccc(C(F)(F)F)c1)c1cccc2ccccc12. The molecule has 24 heavy (non-hydrogen) atoms. The molecule has 0 fully saturated rings. The van der Waals surface area contributed by atoms with Crippen LogP contribution in [0.1, 0.15) is 16.7 Å². The van der Waals surface area contributed by atoms with Gasteiger partial charge in [-0.3, -0.25) is 0 Å². The third kappa shape index (κ3) is 3.16. The molecule has 0 aliphatic heterocycles. The minimum atomic E-state index is -4.41. The molecular weight excluding hydrogens is 311 g/mol. The third-order valence-corrected chi connectivity index (χ3v) is 3.73. The molecule has 0 aliphatic carbocycles. The number of nitriles is 1. The molecule has 0 bridgehead atoms. The summed E-state index contributed by atoms with van der Waals surface area (Å²) in [6, 6.07) is 20.2. The van der Waals surface area contributed by atoms with E-state index in [0.29, 0.717) is 16.7 Å². The van der Waals surface area contributed by atoms with E-state index in [9.17, 15) is 18.4 Å². The van der Waals surface area contributed by atoms with Crippen molar-refractivity contribution in [1.82, 2.24) is 0 Å². The van der Waals surface area contributed by atoms with Crippen LogP contribution in [0.5, 0.6) is 0 Å². The topological polar surface area (TPSA) is 23.8 Å². The fourth-order valence-corrected chi connectivity index (χ4v) is 2.60. The largest absolute Gasteiger partial charge is 0.416 e. The van der Waals surface area contributed by atoms with Crippen LogP contribution in [0, 0.1) is 11.3 Å². The van der Waals surface area contributed by atoms with Crippen molar-refractivity contribution in [1.29, 1.82) is 5.26 Å². The lowest BCUT2D eigenvalue weighted by Gasteiger charge is -2.08. The van der Waals surface area contributed by atoms with E-state index in [1.54, 1.807) is 12.1 Å². The Bertz CT molecular complexity index is 957. The molecule has 0 radical (unpaired) electrons. The average Bonchev–Trinajstić information content (AvgIpc) is 2.59. The van der Waals surface area contributed by atoms with E-state index in [2.05, 4.69) is 6.07 Å². The molecular formula is C20H12F3N. The highest BCUT2D eigenvalue weighted by molar-refractivity contribution is 6.01. The Morgan fingerprint density at radius 3 is 2.38 bits per heavy atom. The lowest BCUT2D eigenvalue weighted by Crippen LogP contribution is -2.04. The second kappa shape index (κ2) is 6.21. The molecule has 0 atom stereocenters. The van der Waals surface area contributed by atoms with Gasteiger partial charge < -0.3 is 0 Å². The molecule has 0 aromatic heterocycles. The molecule has 3 aromatic carbocycles.